The van der Waals surface area contributed by atoms with Gasteiger partial charge in [-0.15, -0.1) is 0 Å². The number of hydrogen-bond donors (Lipinski definition) is 3. The van der Waals surface area contributed by atoms with Crippen LogP contribution in [-0.2, 0) is 9.59 Å². The van der Waals surface area contributed by atoms with E-state index in [4.69, 9.17) is 0 Å². The van der Waals surface area contributed by atoms with Crippen molar-refractivity contribution in [3.05, 3.63) is 30.1 Å². The quantitative estimate of drug-likeness (QED) is 0.654. The standard InChI is InChI=1S/C16H24N4O3/c1-4-14(21)18-10-12(9-15(22)19-11(2)3)20-16(23)13-7-5-6-8-17-13/h5-8,11-12H,4,9-10H2,1-3H3,(H,18,21)(H,19,22)(H,20,23)/t12-/m0/s1. The highest BCUT2D eigenvalue weighted by molar-refractivity contribution is 5.92. The maximum Gasteiger partial charge on any atom is 0.270 e. The highest BCUT2D eigenvalue weighted by atomic mass is 16.2. The summed E-state index contributed by atoms with van der Waals surface area (Å²) in [5.74, 6) is -0.692. The van der Waals surface area contributed by atoms with Crippen molar-refractivity contribution in [2.24, 2.45) is 0 Å². The molecule has 3 amide bonds. The molecule has 0 saturated carbocycles. The van der Waals surface area contributed by atoms with Crippen molar-refractivity contribution in [1.29, 1.82) is 0 Å². The third-order valence-electron chi connectivity index (χ3n) is 2.98. The molecule has 1 heterocycles. The number of amides is 3. The fourth-order valence-corrected chi connectivity index (χ4v) is 1.90. The Kier molecular flexibility index (Phi) is 7.73. The van der Waals surface area contributed by atoms with Crippen LogP contribution in [0.25, 0.3) is 0 Å². The largest absolute Gasteiger partial charge is 0.354 e. The topological polar surface area (TPSA) is 100 Å². The average molecular weight is 320 g/mol. The van der Waals surface area contributed by atoms with Crippen LogP contribution in [-0.4, -0.2) is 41.3 Å². The maximum absolute atomic E-state index is 12.2. The summed E-state index contributed by atoms with van der Waals surface area (Å²) in [6.45, 7) is 5.65. The molecule has 1 atom stereocenters. The number of hydrogen-bond acceptors (Lipinski definition) is 4. The lowest BCUT2D eigenvalue weighted by Gasteiger charge is -2.19. The van der Waals surface area contributed by atoms with E-state index in [1.165, 1.54) is 6.20 Å². The minimum Gasteiger partial charge on any atom is -0.354 e. The van der Waals surface area contributed by atoms with Gasteiger partial charge in [0, 0.05) is 31.6 Å². The van der Waals surface area contributed by atoms with Gasteiger partial charge in [0.1, 0.15) is 5.69 Å². The predicted octanol–water partition coefficient (Wildman–Crippen LogP) is 0.621. The van der Waals surface area contributed by atoms with Crippen LogP contribution in [0, 0.1) is 0 Å². The lowest BCUT2D eigenvalue weighted by Crippen LogP contribution is -2.47. The van der Waals surface area contributed by atoms with E-state index < -0.39 is 6.04 Å². The van der Waals surface area contributed by atoms with Crippen LogP contribution in [0.5, 0.6) is 0 Å². The molecule has 126 valence electrons. The molecule has 3 N–H and O–H groups in total. The fraction of sp³-hybridized carbons (Fsp3) is 0.500. The Hall–Kier alpha value is -2.44. The SMILES string of the molecule is CCC(=O)NC[C@H](CC(=O)NC(C)C)NC(=O)c1ccccn1. The van der Waals surface area contributed by atoms with Crippen LogP contribution >= 0.6 is 0 Å². The van der Waals surface area contributed by atoms with Crippen LogP contribution in [0.1, 0.15) is 44.1 Å². The van der Waals surface area contributed by atoms with E-state index in [1.54, 1.807) is 25.1 Å². The second kappa shape index (κ2) is 9.55. The fourth-order valence-electron chi connectivity index (χ4n) is 1.90. The predicted molar refractivity (Wildman–Crippen MR) is 86.7 cm³/mol. The first-order valence-corrected chi connectivity index (χ1v) is 7.70. The molecule has 0 spiro atoms. The molecule has 0 unspecified atom stereocenters. The summed E-state index contributed by atoms with van der Waals surface area (Å²) in [6, 6.07) is 4.52. The lowest BCUT2D eigenvalue weighted by atomic mass is 10.1. The summed E-state index contributed by atoms with van der Waals surface area (Å²) >= 11 is 0. The molecule has 0 bridgehead atoms. The van der Waals surface area contributed by atoms with E-state index in [9.17, 15) is 14.4 Å². The summed E-state index contributed by atoms with van der Waals surface area (Å²) in [6.07, 6.45) is 1.95. The van der Waals surface area contributed by atoms with E-state index >= 15 is 0 Å². The van der Waals surface area contributed by atoms with Crippen LogP contribution in [0.4, 0.5) is 0 Å². The van der Waals surface area contributed by atoms with E-state index in [0.29, 0.717) is 6.42 Å². The van der Waals surface area contributed by atoms with Gasteiger partial charge in [0.2, 0.25) is 11.8 Å². The number of pyridine rings is 1. The highest BCUT2D eigenvalue weighted by Gasteiger charge is 2.19. The molecule has 0 aliphatic rings. The van der Waals surface area contributed by atoms with Gasteiger partial charge in [-0.2, -0.15) is 0 Å². The molecule has 0 saturated heterocycles. The Bertz CT molecular complexity index is 531. The van der Waals surface area contributed by atoms with Gasteiger partial charge >= 0.3 is 0 Å². The number of carbonyl (C=O) groups excluding carboxylic acids is 3. The van der Waals surface area contributed by atoms with E-state index in [-0.39, 0.29) is 42.4 Å². The number of carbonyl (C=O) groups is 3. The van der Waals surface area contributed by atoms with E-state index in [2.05, 4.69) is 20.9 Å². The minimum absolute atomic E-state index is 0.0138. The number of nitrogens with one attached hydrogen (secondary N) is 3. The number of nitrogens with zero attached hydrogens (tertiary/aromatic N) is 1. The molecule has 0 aromatic carbocycles. The molecule has 1 aromatic rings. The zero-order chi connectivity index (χ0) is 17.2. The van der Waals surface area contributed by atoms with Crippen molar-refractivity contribution >= 4 is 17.7 Å². The second-order valence-corrected chi connectivity index (χ2v) is 5.47. The van der Waals surface area contributed by atoms with Crippen LogP contribution in [0.3, 0.4) is 0 Å². The van der Waals surface area contributed by atoms with Gasteiger partial charge in [0.05, 0.1) is 6.04 Å². The van der Waals surface area contributed by atoms with Crippen LogP contribution in [0.15, 0.2) is 24.4 Å². The molecule has 0 aliphatic heterocycles. The Morgan fingerprint density at radius 1 is 1.13 bits per heavy atom. The normalized spacial score (nSPS) is 11.7. The Morgan fingerprint density at radius 3 is 2.43 bits per heavy atom. The van der Waals surface area contributed by atoms with Crippen molar-refractivity contribution in [3.63, 3.8) is 0 Å². The summed E-state index contributed by atoms with van der Waals surface area (Å²) in [5, 5.41) is 8.20. The van der Waals surface area contributed by atoms with Gasteiger partial charge in [0.25, 0.3) is 5.91 Å². The third-order valence-corrected chi connectivity index (χ3v) is 2.98. The average Bonchev–Trinajstić information content (AvgIpc) is 2.52. The molecule has 0 radical (unpaired) electrons. The second-order valence-electron chi connectivity index (χ2n) is 5.47. The molecular formula is C16H24N4O3. The van der Waals surface area contributed by atoms with Crippen LogP contribution in [0.2, 0.25) is 0 Å². The summed E-state index contributed by atoms with van der Waals surface area (Å²) < 4.78 is 0. The summed E-state index contributed by atoms with van der Waals surface area (Å²) in [7, 11) is 0. The first kappa shape index (κ1) is 18.6. The van der Waals surface area contributed by atoms with Crippen molar-refractivity contribution < 1.29 is 14.4 Å². The van der Waals surface area contributed by atoms with Crippen molar-refractivity contribution in [3.8, 4) is 0 Å². The van der Waals surface area contributed by atoms with Crippen molar-refractivity contribution in [2.45, 2.75) is 45.7 Å². The Morgan fingerprint density at radius 2 is 1.87 bits per heavy atom. The van der Waals surface area contributed by atoms with Gasteiger partial charge in [-0.05, 0) is 26.0 Å². The first-order valence-electron chi connectivity index (χ1n) is 7.70. The Labute approximate surface area is 136 Å². The lowest BCUT2D eigenvalue weighted by molar-refractivity contribution is -0.123. The van der Waals surface area contributed by atoms with Crippen molar-refractivity contribution in [2.75, 3.05) is 6.54 Å². The van der Waals surface area contributed by atoms with Gasteiger partial charge in [-0.25, -0.2) is 0 Å². The summed E-state index contributed by atoms with van der Waals surface area (Å²) in [4.78, 5) is 39.4. The van der Waals surface area contributed by atoms with Crippen molar-refractivity contribution in [1.82, 2.24) is 20.9 Å². The molecular weight excluding hydrogens is 296 g/mol. The molecule has 7 heteroatoms. The first-order chi connectivity index (χ1) is 10.9. The van der Waals surface area contributed by atoms with Crippen LogP contribution < -0.4 is 16.0 Å². The summed E-state index contributed by atoms with van der Waals surface area (Å²) in [5.41, 5.74) is 0.267. The molecule has 0 fully saturated rings. The molecule has 0 aliphatic carbocycles. The zero-order valence-corrected chi connectivity index (χ0v) is 13.8. The number of aromatic nitrogens is 1. The Balaban J connectivity index is 2.67. The third kappa shape index (κ3) is 7.39. The molecule has 1 rings (SSSR count). The monoisotopic (exact) mass is 320 g/mol. The van der Waals surface area contributed by atoms with E-state index in [0.717, 1.165) is 0 Å². The smallest absolute Gasteiger partial charge is 0.270 e. The molecule has 1 aromatic heterocycles. The number of rotatable bonds is 8. The maximum atomic E-state index is 12.2. The minimum atomic E-state index is -0.501. The van der Waals surface area contributed by atoms with Gasteiger partial charge < -0.3 is 16.0 Å². The van der Waals surface area contributed by atoms with Gasteiger partial charge in [-0.3, -0.25) is 19.4 Å². The van der Waals surface area contributed by atoms with E-state index in [1.807, 2.05) is 13.8 Å². The van der Waals surface area contributed by atoms with Gasteiger partial charge in [0.15, 0.2) is 0 Å². The molecule has 7 nitrogen and oxygen atoms in total. The van der Waals surface area contributed by atoms with Gasteiger partial charge in [-0.1, -0.05) is 13.0 Å². The zero-order valence-electron chi connectivity index (χ0n) is 13.8. The highest BCUT2D eigenvalue weighted by Crippen LogP contribution is 1.98. The molecule has 23 heavy (non-hydrogen) atoms.